The zero-order chi connectivity index (χ0) is 15.5. The molecule has 2 amide bonds. The summed E-state index contributed by atoms with van der Waals surface area (Å²) >= 11 is 1.51. The van der Waals surface area contributed by atoms with E-state index < -0.39 is 0 Å². The van der Waals surface area contributed by atoms with Crippen LogP contribution in [0.2, 0.25) is 0 Å². The molecule has 0 unspecified atom stereocenters. The zero-order valence-electron chi connectivity index (χ0n) is 12.3. The van der Waals surface area contributed by atoms with Gasteiger partial charge in [-0.2, -0.15) is 0 Å². The second-order valence-electron chi connectivity index (χ2n) is 4.41. The van der Waals surface area contributed by atoms with Gasteiger partial charge < -0.3 is 15.8 Å². The highest BCUT2D eigenvalue weighted by Crippen LogP contribution is 2.27. The van der Waals surface area contributed by atoms with Crippen molar-refractivity contribution in [2.75, 3.05) is 24.3 Å². The van der Waals surface area contributed by atoms with Crippen molar-refractivity contribution >= 4 is 29.3 Å². The number of hydrogen-bond acceptors (Lipinski definition) is 4. The van der Waals surface area contributed by atoms with Crippen LogP contribution < -0.4 is 11.1 Å². The molecule has 6 heteroatoms. The molecular weight excluding hydrogens is 288 g/mol. The number of thioether (sulfide) groups is 1. The first-order chi connectivity index (χ1) is 10.1. The topological polar surface area (TPSA) is 81.4 Å². The summed E-state index contributed by atoms with van der Waals surface area (Å²) in [6.45, 7) is 3.19. The number of para-hydroxylation sites is 1. The van der Waals surface area contributed by atoms with Crippen molar-refractivity contribution in [1.82, 2.24) is 0 Å². The van der Waals surface area contributed by atoms with Crippen molar-refractivity contribution in [2.45, 2.75) is 31.1 Å². The van der Waals surface area contributed by atoms with Crippen molar-refractivity contribution in [2.24, 2.45) is 5.73 Å². The Morgan fingerprint density at radius 1 is 1.29 bits per heavy atom. The number of nitrogens with two attached hydrogens (primary N) is 1. The predicted molar refractivity (Wildman–Crippen MR) is 85.3 cm³/mol. The summed E-state index contributed by atoms with van der Waals surface area (Å²) < 4.78 is 5.21. The third-order valence-corrected chi connectivity index (χ3v) is 3.74. The maximum atomic E-state index is 11.9. The molecule has 0 radical (unpaired) electrons. The van der Waals surface area contributed by atoms with Crippen LogP contribution in [-0.4, -0.2) is 30.8 Å². The second kappa shape index (κ2) is 10.2. The Morgan fingerprint density at radius 2 is 2.05 bits per heavy atom. The van der Waals surface area contributed by atoms with Crippen LogP contribution in [0.4, 0.5) is 5.69 Å². The summed E-state index contributed by atoms with van der Waals surface area (Å²) in [5.74, 6) is 0.254. The molecule has 0 bridgehead atoms. The van der Waals surface area contributed by atoms with Crippen LogP contribution in [0.3, 0.4) is 0 Å². The van der Waals surface area contributed by atoms with Gasteiger partial charge in [0.1, 0.15) is 0 Å². The van der Waals surface area contributed by atoms with Gasteiger partial charge in [-0.25, -0.2) is 0 Å². The molecule has 1 aromatic carbocycles. The van der Waals surface area contributed by atoms with Crippen LogP contribution in [0, 0.1) is 0 Å². The van der Waals surface area contributed by atoms with Gasteiger partial charge in [-0.3, -0.25) is 9.59 Å². The number of amides is 2. The van der Waals surface area contributed by atoms with Crippen LogP contribution in [-0.2, 0) is 14.3 Å². The Balaban J connectivity index is 2.46. The number of primary amides is 1. The number of rotatable bonds is 10. The Kier molecular flexibility index (Phi) is 8.54. The molecule has 0 atom stereocenters. The first kappa shape index (κ1) is 17.5. The van der Waals surface area contributed by atoms with Gasteiger partial charge in [-0.15, -0.1) is 11.8 Å². The monoisotopic (exact) mass is 310 g/mol. The quantitative estimate of drug-likeness (QED) is 0.513. The predicted octanol–water partition coefficient (Wildman–Crippen LogP) is 2.41. The summed E-state index contributed by atoms with van der Waals surface area (Å²) in [6, 6.07) is 7.54. The van der Waals surface area contributed by atoms with Crippen LogP contribution in [0.25, 0.3) is 0 Å². The van der Waals surface area contributed by atoms with Crippen molar-refractivity contribution in [3.05, 3.63) is 24.3 Å². The summed E-state index contributed by atoms with van der Waals surface area (Å²) in [7, 11) is 0. The molecule has 116 valence electrons. The van der Waals surface area contributed by atoms with E-state index in [1.807, 2.05) is 31.2 Å². The molecule has 0 fully saturated rings. The SMILES string of the molecule is CCOCCCC(=O)Nc1ccccc1SCCC(N)=O. The largest absolute Gasteiger partial charge is 0.382 e. The molecule has 0 aliphatic heterocycles. The lowest BCUT2D eigenvalue weighted by Gasteiger charge is -2.10. The molecule has 21 heavy (non-hydrogen) atoms. The van der Waals surface area contributed by atoms with Crippen LogP contribution in [0.5, 0.6) is 0 Å². The highest BCUT2D eigenvalue weighted by Gasteiger charge is 2.07. The molecule has 1 rings (SSSR count). The van der Waals surface area contributed by atoms with E-state index in [0.717, 1.165) is 10.6 Å². The molecular formula is C15H22N2O3S. The van der Waals surface area contributed by atoms with Gasteiger partial charge in [-0.1, -0.05) is 12.1 Å². The van der Waals surface area contributed by atoms with Gasteiger partial charge in [-0.05, 0) is 25.5 Å². The minimum atomic E-state index is -0.319. The number of ether oxygens (including phenoxy) is 1. The highest BCUT2D eigenvalue weighted by atomic mass is 32.2. The molecule has 0 aromatic heterocycles. The van der Waals surface area contributed by atoms with Gasteiger partial charge in [0.05, 0.1) is 5.69 Å². The molecule has 1 aromatic rings. The maximum absolute atomic E-state index is 11.9. The van der Waals surface area contributed by atoms with E-state index >= 15 is 0 Å². The number of carbonyl (C=O) groups is 2. The summed E-state index contributed by atoms with van der Waals surface area (Å²) in [5, 5.41) is 2.89. The standard InChI is InChI=1S/C15H22N2O3S/c1-2-20-10-5-8-15(19)17-12-6-3-4-7-13(12)21-11-9-14(16)18/h3-4,6-7H,2,5,8-11H2,1H3,(H2,16,18)(H,17,19). The Bertz CT molecular complexity index is 466. The third-order valence-electron chi connectivity index (χ3n) is 2.66. The van der Waals surface area contributed by atoms with E-state index in [0.29, 0.717) is 38.2 Å². The van der Waals surface area contributed by atoms with E-state index in [2.05, 4.69) is 5.32 Å². The summed E-state index contributed by atoms with van der Waals surface area (Å²) in [5.41, 5.74) is 5.89. The summed E-state index contributed by atoms with van der Waals surface area (Å²) in [6.07, 6.45) is 1.46. The van der Waals surface area contributed by atoms with E-state index in [1.165, 1.54) is 11.8 Å². The smallest absolute Gasteiger partial charge is 0.224 e. The normalized spacial score (nSPS) is 10.3. The van der Waals surface area contributed by atoms with Crippen LogP contribution in [0.15, 0.2) is 29.2 Å². The summed E-state index contributed by atoms with van der Waals surface area (Å²) in [4.78, 5) is 23.6. The first-order valence-corrected chi connectivity index (χ1v) is 7.99. The Hall–Kier alpha value is -1.53. The average Bonchev–Trinajstić information content (AvgIpc) is 2.45. The Morgan fingerprint density at radius 3 is 2.76 bits per heavy atom. The van der Waals surface area contributed by atoms with Crippen LogP contribution in [0.1, 0.15) is 26.2 Å². The first-order valence-electron chi connectivity index (χ1n) is 7.01. The molecule has 5 nitrogen and oxygen atoms in total. The van der Waals surface area contributed by atoms with Gasteiger partial charge in [0.25, 0.3) is 0 Å². The number of anilines is 1. The van der Waals surface area contributed by atoms with Gasteiger partial charge in [0.2, 0.25) is 11.8 Å². The van der Waals surface area contributed by atoms with E-state index in [1.54, 1.807) is 0 Å². The fourth-order valence-corrected chi connectivity index (χ4v) is 2.62. The van der Waals surface area contributed by atoms with Crippen molar-refractivity contribution in [3.8, 4) is 0 Å². The number of carbonyl (C=O) groups excluding carboxylic acids is 2. The lowest BCUT2D eigenvalue weighted by atomic mass is 10.2. The van der Waals surface area contributed by atoms with E-state index in [4.69, 9.17) is 10.5 Å². The second-order valence-corrected chi connectivity index (χ2v) is 5.55. The molecule has 0 aliphatic rings. The van der Waals surface area contributed by atoms with Crippen molar-refractivity contribution in [3.63, 3.8) is 0 Å². The lowest BCUT2D eigenvalue weighted by Crippen LogP contribution is -2.13. The fraction of sp³-hybridized carbons (Fsp3) is 0.467. The molecule has 0 spiro atoms. The highest BCUT2D eigenvalue weighted by molar-refractivity contribution is 7.99. The van der Waals surface area contributed by atoms with E-state index in [-0.39, 0.29) is 11.8 Å². The molecule has 0 saturated heterocycles. The molecule has 3 N–H and O–H groups in total. The van der Waals surface area contributed by atoms with Gasteiger partial charge in [0, 0.05) is 36.7 Å². The lowest BCUT2D eigenvalue weighted by molar-refractivity contribution is -0.118. The zero-order valence-corrected chi connectivity index (χ0v) is 13.1. The van der Waals surface area contributed by atoms with Crippen molar-refractivity contribution in [1.29, 1.82) is 0 Å². The molecule has 0 aliphatic carbocycles. The molecule has 0 saturated carbocycles. The van der Waals surface area contributed by atoms with Gasteiger partial charge >= 0.3 is 0 Å². The fourth-order valence-electron chi connectivity index (χ4n) is 1.65. The van der Waals surface area contributed by atoms with Gasteiger partial charge in [0.15, 0.2) is 0 Å². The minimum absolute atomic E-state index is 0.0299. The average molecular weight is 310 g/mol. The van der Waals surface area contributed by atoms with E-state index in [9.17, 15) is 9.59 Å². The van der Waals surface area contributed by atoms with Crippen LogP contribution >= 0.6 is 11.8 Å². The maximum Gasteiger partial charge on any atom is 0.224 e. The van der Waals surface area contributed by atoms with Crippen molar-refractivity contribution < 1.29 is 14.3 Å². The number of benzene rings is 1. The number of nitrogens with one attached hydrogen (secondary N) is 1. The molecule has 0 heterocycles. The number of hydrogen-bond donors (Lipinski definition) is 2. The Labute approximate surface area is 129 Å². The third kappa shape index (κ3) is 7.72. The minimum Gasteiger partial charge on any atom is -0.382 e.